The number of rotatable bonds is 8. The topological polar surface area (TPSA) is 138 Å². The molecule has 9 heteroatoms. The molecule has 1 heterocycles. The minimum atomic E-state index is -1.45. The molecule has 0 aliphatic heterocycles. The SMILES string of the molecule is OC(O)CCOc1ncnc(OCCC(O)O)n1. The van der Waals surface area contributed by atoms with E-state index >= 15 is 0 Å². The maximum atomic E-state index is 8.60. The summed E-state index contributed by atoms with van der Waals surface area (Å²) in [7, 11) is 0. The zero-order chi connectivity index (χ0) is 13.4. The van der Waals surface area contributed by atoms with Gasteiger partial charge >= 0.3 is 12.0 Å². The second-order valence-corrected chi connectivity index (χ2v) is 3.29. The fourth-order valence-electron chi connectivity index (χ4n) is 0.918. The van der Waals surface area contributed by atoms with Crippen molar-refractivity contribution in [3.63, 3.8) is 0 Å². The van der Waals surface area contributed by atoms with Gasteiger partial charge < -0.3 is 29.9 Å². The van der Waals surface area contributed by atoms with Crippen LogP contribution in [0, 0.1) is 0 Å². The highest BCUT2D eigenvalue weighted by molar-refractivity contribution is 4.99. The number of aromatic nitrogens is 3. The Kier molecular flexibility index (Phi) is 6.22. The maximum absolute atomic E-state index is 8.60. The molecule has 0 aromatic carbocycles. The second-order valence-electron chi connectivity index (χ2n) is 3.29. The van der Waals surface area contributed by atoms with Crippen LogP contribution in [0.5, 0.6) is 12.0 Å². The summed E-state index contributed by atoms with van der Waals surface area (Å²) in [6.45, 7) is 0.0763. The minimum absolute atomic E-state index is 0.00908. The van der Waals surface area contributed by atoms with E-state index in [9.17, 15) is 0 Å². The predicted octanol–water partition coefficient (Wildman–Crippen LogP) is -1.97. The van der Waals surface area contributed by atoms with E-state index in [2.05, 4.69) is 15.0 Å². The highest BCUT2D eigenvalue weighted by atomic mass is 16.5. The summed E-state index contributed by atoms with van der Waals surface area (Å²) in [6.07, 6.45) is -1.68. The first-order valence-electron chi connectivity index (χ1n) is 5.25. The summed E-state index contributed by atoms with van der Waals surface area (Å²) in [5, 5.41) is 34.4. The molecule has 0 saturated heterocycles. The fraction of sp³-hybridized carbons (Fsp3) is 0.667. The van der Waals surface area contributed by atoms with Gasteiger partial charge in [-0.3, -0.25) is 0 Å². The summed E-state index contributed by atoms with van der Waals surface area (Å²) < 4.78 is 10.0. The largest absolute Gasteiger partial charge is 0.463 e. The summed E-state index contributed by atoms with van der Waals surface area (Å²) >= 11 is 0. The van der Waals surface area contributed by atoms with Crippen molar-refractivity contribution in [3.8, 4) is 12.0 Å². The van der Waals surface area contributed by atoms with Gasteiger partial charge in [0.2, 0.25) is 0 Å². The molecule has 0 bridgehead atoms. The van der Waals surface area contributed by atoms with E-state index in [1.807, 2.05) is 0 Å². The zero-order valence-electron chi connectivity index (χ0n) is 9.51. The Bertz CT molecular complexity index is 320. The van der Waals surface area contributed by atoms with Gasteiger partial charge in [-0.1, -0.05) is 0 Å². The summed E-state index contributed by atoms with van der Waals surface area (Å²) in [5.41, 5.74) is 0. The molecule has 0 aliphatic carbocycles. The standard InChI is InChI=1S/C9H15N3O6/c13-6(14)1-3-17-8-10-5-11-9(12-8)18-4-2-7(15)16/h5-7,13-16H,1-4H2. The van der Waals surface area contributed by atoms with E-state index in [-0.39, 0.29) is 38.1 Å². The first kappa shape index (κ1) is 14.5. The third-order valence-corrected chi connectivity index (χ3v) is 1.74. The molecule has 1 rings (SSSR count). The van der Waals surface area contributed by atoms with Crippen LogP contribution in [0.4, 0.5) is 0 Å². The van der Waals surface area contributed by atoms with Crippen molar-refractivity contribution in [2.45, 2.75) is 25.4 Å². The van der Waals surface area contributed by atoms with Crippen LogP contribution in [0.3, 0.4) is 0 Å². The number of nitrogens with zero attached hydrogens (tertiary/aromatic N) is 3. The summed E-state index contributed by atoms with van der Waals surface area (Å²) in [5.74, 6) is 0. The molecular formula is C9H15N3O6. The molecular weight excluding hydrogens is 246 g/mol. The molecule has 0 saturated carbocycles. The van der Waals surface area contributed by atoms with Crippen LogP contribution >= 0.6 is 0 Å². The molecule has 0 fully saturated rings. The van der Waals surface area contributed by atoms with E-state index in [0.29, 0.717) is 0 Å². The molecule has 0 spiro atoms. The van der Waals surface area contributed by atoms with Crippen molar-refractivity contribution in [1.82, 2.24) is 15.0 Å². The number of hydrogen-bond donors (Lipinski definition) is 4. The Morgan fingerprint density at radius 2 is 1.33 bits per heavy atom. The molecule has 0 aliphatic rings. The quantitative estimate of drug-likeness (QED) is 0.392. The lowest BCUT2D eigenvalue weighted by Gasteiger charge is -2.07. The van der Waals surface area contributed by atoms with Gasteiger partial charge in [-0.2, -0.15) is 9.97 Å². The first-order chi connectivity index (χ1) is 8.58. The van der Waals surface area contributed by atoms with Gasteiger partial charge in [0.05, 0.1) is 13.2 Å². The average molecular weight is 261 g/mol. The molecule has 1 aromatic heterocycles. The second kappa shape index (κ2) is 7.71. The van der Waals surface area contributed by atoms with E-state index in [1.54, 1.807) is 0 Å². The Balaban J connectivity index is 2.36. The Morgan fingerprint density at radius 3 is 1.72 bits per heavy atom. The lowest BCUT2D eigenvalue weighted by Crippen LogP contribution is -2.13. The van der Waals surface area contributed by atoms with Crippen molar-refractivity contribution in [3.05, 3.63) is 6.33 Å². The van der Waals surface area contributed by atoms with E-state index in [1.165, 1.54) is 6.33 Å². The summed E-state index contributed by atoms with van der Waals surface area (Å²) in [4.78, 5) is 11.2. The summed E-state index contributed by atoms with van der Waals surface area (Å²) in [6, 6.07) is -0.0182. The van der Waals surface area contributed by atoms with E-state index in [0.717, 1.165) is 0 Å². The molecule has 4 N–H and O–H groups in total. The van der Waals surface area contributed by atoms with Crippen molar-refractivity contribution >= 4 is 0 Å². The van der Waals surface area contributed by atoms with Crippen molar-refractivity contribution in [2.24, 2.45) is 0 Å². The Morgan fingerprint density at radius 1 is 0.889 bits per heavy atom. The van der Waals surface area contributed by atoms with Crippen LogP contribution in [0.25, 0.3) is 0 Å². The number of aliphatic hydroxyl groups excluding tert-OH is 2. The third-order valence-electron chi connectivity index (χ3n) is 1.74. The molecule has 1 aromatic rings. The van der Waals surface area contributed by atoms with Crippen LogP contribution in [-0.4, -0.2) is 61.2 Å². The number of hydrogen-bond acceptors (Lipinski definition) is 9. The zero-order valence-corrected chi connectivity index (χ0v) is 9.51. The Hall–Kier alpha value is -1.55. The molecule has 0 amide bonds. The van der Waals surface area contributed by atoms with Gasteiger partial charge in [0.15, 0.2) is 12.6 Å². The lowest BCUT2D eigenvalue weighted by molar-refractivity contribution is -0.0525. The molecule has 18 heavy (non-hydrogen) atoms. The van der Waals surface area contributed by atoms with Crippen LogP contribution in [0.2, 0.25) is 0 Å². The van der Waals surface area contributed by atoms with E-state index in [4.69, 9.17) is 29.9 Å². The third kappa shape index (κ3) is 6.25. The van der Waals surface area contributed by atoms with Crippen LogP contribution in [0.15, 0.2) is 6.33 Å². The predicted molar refractivity (Wildman–Crippen MR) is 56.5 cm³/mol. The minimum Gasteiger partial charge on any atom is -0.463 e. The van der Waals surface area contributed by atoms with Gasteiger partial charge in [-0.15, -0.1) is 4.98 Å². The van der Waals surface area contributed by atoms with Gasteiger partial charge in [0.25, 0.3) is 0 Å². The molecule has 0 atom stereocenters. The normalized spacial score (nSPS) is 11.0. The molecule has 9 nitrogen and oxygen atoms in total. The lowest BCUT2D eigenvalue weighted by atomic mass is 10.4. The number of aliphatic hydroxyl groups is 4. The van der Waals surface area contributed by atoms with Crippen LogP contribution < -0.4 is 9.47 Å². The van der Waals surface area contributed by atoms with Gasteiger partial charge in [-0.05, 0) is 0 Å². The van der Waals surface area contributed by atoms with Crippen molar-refractivity contribution < 1.29 is 29.9 Å². The monoisotopic (exact) mass is 261 g/mol. The van der Waals surface area contributed by atoms with Gasteiger partial charge in [0.1, 0.15) is 6.33 Å². The first-order valence-corrected chi connectivity index (χ1v) is 5.25. The van der Waals surface area contributed by atoms with Crippen LogP contribution in [-0.2, 0) is 0 Å². The number of ether oxygens (including phenoxy) is 2. The molecule has 0 unspecified atom stereocenters. The molecule has 102 valence electrons. The van der Waals surface area contributed by atoms with Gasteiger partial charge in [-0.25, -0.2) is 0 Å². The van der Waals surface area contributed by atoms with Crippen molar-refractivity contribution in [1.29, 1.82) is 0 Å². The highest BCUT2D eigenvalue weighted by Gasteiger charge is 2.05. The van der Waals surface area contributed by atoms with E-state index < -0.39 is 12.6 Å². The maximum Gasteiger partial charge on any atom is 0.322 e. The van der Waals surface area contributed by atoms with Gasteiger partial charge in [0, 0.05) is 12.8 Å². The van der Waals surface area contributed by atoms with Crippen LogP contribution in [0.1, 0.15) is 12.8 Å². The Labute approximate surface area is 103 Å². The highest BCUT2D eigenvalue weighted by Crippen LogP contribution is 2.07. The fourth-order valence-corrected chi connectivity index (χ4v) is 0.918. The average Bonchev–Trinajstić information content (AvgIpc) is 2.28. The van der Waals surface area contributed by atoms with Crippen molar-refractivity contribution in [2.75, 3.05) is 13.2 Å². The smallest absolute Gasteiger partial charge is 0.322 e. The molecule has 0 radical (unpaired) electrons.